The largest absolute Gasteiger partial charge is 0.493 e. The van der Waals surface area contributed by atoms with Crippen LogP contribution in [0.2, 0.25) is 0 Å². The van der Waals surface area contributed by atoms with Gasteiger partial charge in [0.15, 0.2) is 11.5 Å². The molecule has 4 aromatic carbocycles. The Balaban J connectivity index is 1.14. The van der Waals surface area contributed by atoms with E-state index in [0.29, 0.717) is 43.1 Å². The number of fused-ring (bicyclic) bond motifs is 2. The molecule has 9 heteroatoms. The average Bonchev–Trinajstić information content (AvgIpc) is 3.13. The third kappa shape index (κ3) is 9.52. The average molecular weight is 682 g/mol. The van der Waals surface area contributed by atoms with E-state index in [0.717, 1.165) is 59.7 Å². The Hall–Kier alpha value is -4.65. The van der Waals surface area contributed by atoms with Crippen LogP contribution in [0.15, 0.2) is 72.8 Å². The number of benzene rings is 4. The fraction of sp³-hybridized carbons (Fsp3) is 0.439. The van der Waals surface area contributed by atoms with Crippen LogP contribution in [0.5, 0.6) is 11.5 Å². The maximum atomic E-state index is 13.2. The van der Waals surface area contributed by atoms with E-state index in [2.05, 4.69) is 36.0 Å². The Morgan fingerprint density at radius 2 is 1.32 bits per heavy atom. The number of carbonyl (C=O) groups excluding carboxylic acids is 2. The predicted octanol–water partition coefficient (Wildman–Crippen LogP) is 7.25. The molecule has 1 unspecified atom stereocenters. The molecule has 0 saturated carbocycles. The lowest BCUT2D eigenvalue weighted by atomic mass is 9.70. The molecule has 0 spiro atoms. The van der Waals surface area contributed by atoms with Gasteiger partial charge in [0.05, 0.1) is 44.5 Å². The summed E-state index contributed by atoms with van der Waals surface area (Å²) in [6, 6.07) is 25.9. The number of hydrogen-bond acceptors (Lipinski definition) is 9. The van der Waals surface area contributed by atoms with Gasteiger partial charge in [-0.1, -0.05) is 68.4 Å². The van der Waals surface area contributed by atoms with E-state index >= 15 is 0 Å². The second-order valence-electron chi connectivity index (χ2n) is 13.2. The summed E-state index contributed by atoms with van der Waals surface area (Å²) in [5, 5.41) is 14.1. The van der Waals surface area contributed by atoms with Crippen LogP contribution in [-0.4, -0.2) is 89.4 Å². The van der Waals surface area contributed by atoms with Crippen LogP contribution in [0.1, 0.15) is 55.5 Å². The third-order valence-electron chi connectivity index (χ3n) is 9.51. The zero-order valence-electron chi connectivity index (χ0n) is 30.4. The van der Waals surface area contributed by atoms with Crippen molar-refractivity contribution in [2.24, 2.45) is 5.92 Å². The van der Waals surface area contributed by atoms with Crippen LogP contribution in [0.3, 0.4) is 0 Å². The molecule has 1 atom stereocenters. The van der Waals surface area contributed by atoms with Gasteiger partial charge in [-0.05, 0) is 84.6 Å². The van der Waals surface area contributed by atoms with Gasteiger partial charge in [-0.3, -0.25) is 4.79 Å². The smallest absolute Gasteiger partial charge is 0.339 e. The van der Waals surface area contributed by atoms with Crippen LogP contribution in [0, 0.1) is 17.2 Å². The number of nitriles is 1. The molecule has 0 fully saturated rings. The van der Waals surface area contributed by atoms with Crippen molar-refractivity contribution in [3.63, 3.8) is 0 Å². The van der Waals surface area contributed by atoms with Crippen LogP contribution < -0.4 is 9.47 Å². The first-order valence-electron chi connectivity index (χ1n) is 17.4. The molecule has 0 heterocycles. The zero-order chi connectivity index (χ0) is 36.1. The van der Waals surface area contributed by atoms with Crippen molar-refractivity contribution >= 4 is 33.5 Å². The molecule has 0 aromatic heterocycles. The maximum Gasteiger partial charge on any atom is 0.339 e. The number of rotatable bonds is 19. The first kappa shape index (κ1) is 38.2. The highest BCUT2D eigenvalue weighted by Crippen LogP contribution is 2.40. The minimum absolute atomic E-state index is 0.0315. The Kier molecular flexibility index (Phi) is 14.0. The van der Waals surface area contributed by atoms with Crippen molar-refractivity contribution in [2.75, 3.05) is 67.7 Å². The summed E-state index contributed by atoms with van der Waals surface area (Å²) >= 11 is 0. The molecule has 4 aromatic rings. The van der Waals surface area contributed by atoms with Gasteiger partial charge in [-0.2, -0.15) is 5.26 Å². The molecule has 0 N–H and O–H groups in total. The summed E-state index contributed by atoms with van der Waals surface area (Å²) in [5.41, 5.74) is 0.556. The van der Waals surface area contributed by atoms with E-state index in [1.54, 1.807) is 20.3 Å². The number of hydrogen-bond donors (Lipinski definition) is 0. The number of carbonyl (C=O) groups is 2. The summed E-state index contributed by atoms with van der Waals surface area (Å²) in [5.74, 6) is 0.518. The number of nitrogens with zero attached hydrogens (tertiary/aromatic N) is 3. The fourth-order valence-electron chi connectivity index (χ4n) is 6.39. The SMILES string of the molecule is COc1ccc(C(C#N)(CCC(=O)OCCCN(C)CCN(C)CCCOC(=O)c2c3ccccc3cc3ccccc23)C(C)C)cc1OC. The Morgan fingerprint density at radius 1 is 0.760 bits per heavy atom. The molecule has 0 radical (unpaired) electrons. The lowest BCUT2D eigenvalue weighted by molar-refractivity contribution is -0.144. The van der Waals surface area contributed by atoms with Gasteiger partial charge in [-0.15, -0.1) is 0 Å². The summed E-state index contributed by atoms with van der Waals surface area (Å²) in [7, 11) is 7.26. The van der Waals surface area contributed by atoms with Crippen molar-refractivity contribution in [3.05, 3.63) is 83.9 Å². The highest BCUT2D eigenvalue weighted by Gasteiger charge is 2.37. The van der Waals surface area contributed by atoms with E-state index in [1.165, 1.54) is 0 Å². The van der Waals surface area contributed by atoms with Crippen molar-refractivity contribution in [3.8, 4) is 17.6 Å². The summed E-state index contributed by atoms with van der Waals surface area (Å²) in [6.45, 7) is 7.97. The van der Waals surface area contributed by atoms with E-state index in [1.807, 2.05) is 74.5 Å². The minimum Gasteiger partial charge on any atom is -0.493 e. The van der Waals surface area contributed by atoms with Crippen LogP contribution in [0.25, 0.3) is 21.5 Å². The number of likely N-dealkylation sites (N-methyl/N-ethyl adjacent to an activating group) is 2. The van der Waals surface area contributed by atoms with Crippen molar-refractivity contribution in [1.29, 1.82) is 5.26 Å². The van der Waals surface area contributed by atoms with E-state index in [-0.39, 0.29) is 24.3 Å². The predicted molar refractivity (Wildman–Crippen MR) is 198 cm³/mol. The first-order valence-corrected chi connectivity index (χ1v) is 17.4. The van der Waals surface area contributed by atoms with Gasteiger partial charge in [0.25, 0.3) is 0 Å². The highest BCUT2D eigenvalue weighted by atomic mass is 16.5. The summed E-state index contributed by atoms with van der Waals surface area (Å²) in [4.78, 5) is 30.3. The molecular formula is C41H51N3O6. The third-order valence-corrected chi connectivity index (χ3v) is 9.51. The molecule has 9 nitrogen and oxygen atoms in total. The molecule has 50 heavy (non-hydrogen) atoms. The van der Waals surface area contributed by atoms with Crippen LogP contribution in [-0.2, 0) is 19.7 Å². The number of esters is 2. The second kappa shape index (κ2) is 18.4. The summed E-state index contributed by atoms with van der Waals surface area (Å²) < 4.78 is 22.1. The lowest BCUT2D eigenvalue weighted by Crippen LogP contribution is -2.33. The number of methoxy groups -OCH3 is 2. The minimum atomic E-state index is -0.863. The molecule has 0 saturated heterocycles. The molecular weight excluding hydrogens is 630 g/mol. The van der Waals surface area contributed by atoms with E-state index < -0.39 is 5.41 Å². The monoisotopic (exact) mass is 681 g/mol. The van der Waals surface area contributed by atoms with Gasteiger partial charge >= 0.3 is 11.9 Å². The molecule has 0 aliphatic carbocycles. The second-order valence-corrected chi connectivity index (χ2v) is 13.2. The molecule has 0 aliphatic heterocycles. The Bertz CT molecular complexity index is 1730. The molecule has 0 amide bonds. The van der Waals surface area contributed by atoms with Gasteiger partial charge in [-0.25, -0.2) is 4.79 Å². The molecule has 0 aliphatic rings. The topological polar surface area (TPSA) is 101 Å². The lowest BCUT2D eigenvalue weighted by Gasteiger charge is -2.31. The standard InChI is InChI=1S/C41H51N3O6/c1-30(2)41(29-42,33-17-18-36(47-5)37(28-33)48-6)20-19-38(45)49-25-11-21-43(3)23-24-44(4)22-12-26-50-40(46)39-34-15-9-7-13-31(34)27-32-14-8-10-16-35(32)39/h7-10,13-18,27-28,30H,11-12,19-26H2,1-6H3. The highest BCUT2D eigenvalue weighted by molar-refractivity contribution is 6.16. The molecule has 0 bridgehead atoms. The van der Waals surface area contributed by atoms with E-state index in [9.17, 15) is 14.9 Å². The van der Waals surface area contributed by atoms with Crippen molar-refractivity contribution in [2.45, 2.75) is 44.9 Å². The van der Waals surface area contributed by atoms with Gasteiger partial charge in [0, 0.05) is 32.6 Å². The normalized spacial score (nSPS) is 12.6. The molecule has 266 valence electrons. The van der Waals surface area contributed by atoms with Crippen molar-refractivity contribution < 1.29 is 28.5 Å². The Morgan fingerprint density at radius 3 is 1.86 bits per heavy atom. The maximum absolute atomic E-state index is 13.2. The quantitative estimate of drug-likeness (QED) is 0.0575. The van der Waals surface area contributed by atoms with Crippen molar-refractivity contribution in [1.82, 2.24) is 9.80 Å². The first-order chi connectivity index (χ1) is 24.1. The fourth-order valence-corrected chi connectivity index (χ4v) is 6.39. The summed E-state index contributed by atoms with van der Waals surface area (Å²) in [6.07, 6.45) is 1.95. The Labute approximate surface area is 296 Å². The molecule has 4 rings (SSSR count). The van der Waals surface area contributed by atoms with Gasteiger partial charge < -0.3 is 28.7 Å². The van der Waals surface area contributed by atoms with Crippen LogP contribution in [0.4, 0.5) is 0 Å². The van der Waals surface area contributed by atoms with E-state index in [4.69, 9.17) is 18.9 Å². The van der Waals surface area contributed by atoms with Gasteiger partial charge in [0.1, 0.15) is 0 Å². The van der Waals surface area contributed by atoms with Crippen LogP contribution >= 0.6 is 0 Å². The number of ether oxygens (including phenoxy) is 4. The zero-order valence-corrected chi connectivity index (χ0v) is 30.4. The van der Waals surface area contributed by atoms with Gasteiger partial charge in [0.2, 0.25) is 0 Å².